The van der Waals surface area contributed by atoms with Gasteiger partial charge in [0.25, 0.3) is 0 Å². The maximum Gasteiger partial charge on any atom is 0.394 e. The third-order valence-corrected chi connectivity index (χ3v) is 5.96. The molecule has 2 saturated heterocycles. The quantitative estimate of drug-likeness (QED) is 0.575. The lowest BCUT2D eigenvalue weighted by Gasteiger charge is -1.81. The normalized spacial score (nSPS) is 23.7. The minimum absolute atomic E-state index is 0.424. The van der Waals surface area contributed by atoms with Crippen molar-refractivity contribution >= 4 is 30.1 Å². The first-order valence-electron chi connectivity index (χ1n) is 5.52. The van der Waals surface area contributed by atoms with Gasteiger partial charge in [-0.3, -0.25) is 9.11 Å². The van der Waals surface area contributed by atoms with Crippen molar-refractivity contribution in [2.75, 3.05) is 23.0 Å². The van der Waals surface area contributed by atoms with Crippen molar-refractivity contribution in [3.05, 3.63) is 0 Å². The van der Waals surface area contributed by atoms with Crippen molar-refractivity contribution in [3.8, 4) is 0 Å². The molecule has 2 aliphatic heterocycles. The number of hydrogen-bond acceptors (Lipinski definition) is 6. The van der Waals surface area contributed by atoms with Crippen LogP contribution in [0.3, 0.4) is 0 Å². The Morgan fingerprint density at radius 1 is 0.632 bits per heavy atom. The Morgan fingerprint density at radius 3 is 0.842 bits per heavy atom. The predicted octanol–water partition coefficient (Wildman–Crippen LogP) is -0.263. The molecule has 116 valence electrons. The largest absolute Gasteiger partial charge is 0.394 e. The van der Waals surface area contributed by atoms with Crippen LogP contribution in [0.4, 0.5) is 0 Å². The van der Waals surface area contributed by atoms with E-state index in [1.165, 1.54) is 0 Å². The van der Waals surface area contributed by atoms with Crippen LogP contribution in [0, 0.1) is 0 Å². The number of hydrogen-bond donors (Lipinski definition) is 2. The molecule has 0 aliphatic carbocycles. The van der Waals surface area contributed by atoms with Gasteiger partial charge in [-0.25, -0.2) is 16.8 Å². The molecule has 2 fully saturated rings. The fourth-order valence-electron chi connectivity index (χ4n) is 1.49. The van der Waals surface area contributed by atoms with Crippen LogP contribution in [0.5, 0.6) is 0 Å². The summed E-state index contributed by atoms with van der Waals surface area (Å²) in [5.41, 5.74) is 0. The monoisotopic (exact) mass is 338 g/mol. The van der Waals surface area contributed by atoms with E-state index in [4.69, 9.17) is 17.5 Å². The zero-order valence-electron chi connectivity index (χ0n) is 10.2. The fourth-order valence-corrected chi connectivity index (χ4v) is 4.48. The van der Waals surface area contributed by atoms with Crippen LogP contribution in [0.15, 0.2) is 0 Å². The summed E-state index contributed by atoms with van der Waals surface area (Å²) >= 11 is 0. The molecule has 2 heterocycles. The summed E-state index contributed by atoms with van der Waals surface area (Å²) in [6.45, 7) is 0. The van der Waals surface area contributed by atoms with Gasteiger partial charge in [-0.1, -0.05) is 0 Å². The predicted molar refractivity (Wildman–Crippen MR) is 70.0 cm³/mol. The molecule has 0 amide bonds. The summed E-state index contributed by atoms with van der Waals surface area (Å²) in [6.07, 6.45) is 3.51. The molecule has 11 heteroatoms. The van der Waals surface area contributed by atoms with E-state index in [9.17, 15) is 16.8 Å². The summed E-state index contributed by atoms with van der Waals surface area (Å²) in [7, 11) is -9.76. The zero-order chi connectivity index (χ0) is 15.2. The Kier molecular flexibility index (Phi) is 7.43. The maximum atomic E-state index is 10.4. The molecule has 0 aromatic heterocycles. The molecule has 2 aliphatic rings. The first-order chi connectivity index (χ1) is 8.41. The second-order valence-corrected chi connectivity index (χ2v) is 9.67. The van der Waals surface area contributed by atoms with Gasteiger partial charge in [-0.2, -0.15) is 8.42 Å². The smallest absolute Gasteiger partial charge is 0.264 e. The van der Waals surface area contributed by atoms with Crippen LogP contribution in [0.25, 0.3) is 0 Å². The van der Waals surface area contributed by atoms with E-state index >= 15 is 0 Å². The minimum Gasteiger partial charge on any atom is -0.264 e. The summed E-state index contributed by atoms with van der Waals surface area (Å²) in [6, 6.07) is 0. The van der Waals surface area contributed by atoms with Crippen molar-refractivity contribution in [3.63, 3.8) is 0 Å². The molecule has 0 radical (unpaired) electrons. The Balaban J connectivity index is 0.000000261. The number of rotatable bonds is 0. The first-order valence-corrected chi connectivity index (χ1v) is 10.6. The molecule has 19 heavy (non-hydrogen) atoms. The van der Waals surface area contributed by atoms with E-state index < -0.39 is 30.1 Å². The molecule has 0 aromatic carbocycles. The van der Waals surface area contributed by atoms with Crippen LogP contribution in [0.2, 0.25) is 0 Å². The van der Waals surface area contributed by atoms with Gasteiger partial charge in [0, 0.05) is 0 Å². The van der Waals surface area contributed by atoms with E-state index in [2.05, 4.69) is 0 Å². The van der Waals surface area contributed by atoms with Crippen LogP contribution < -0.4 is 0 Å². The first kappa shape index (κ1) is 18.8. The van der Waals surface area contributed by atoms with E-state index in [0.717, 1.165) is 25.7 Å². The Morgan fingerprint density at radius 2 is 0.789 bits per heavy atom. The van der Waals surface area contributed by atoms with Crippen molar-refractivity contribution in [1.82, 2.24) is 0 Å². The molecule has 0 unspecified atom stereocenters. The van der Waals surface area contributed by atoms with Crippen molar-refractivity contribution in [1.29, 1.82) is 0 Å². The fraction of sp³-hybridized carbons (Fsp3) is 1.00. The van der Waals surface area contributed by atoms with Gasteiger partial charge in [0.15, 0.2) is 0 Å². The highest BCUT2D eigenvalue weighted by Gasteiger charge is 2.16. The molecule has 2 N–H and O–H groups in total. The maximum absolute atomic E-state index is 10.4. The van der Waals surface area contributed by atoms with Crippen molar-refractivity contribution in [2.45, 2.75) is 25.7 Å². The van der Waals surface area contributed by atoms with Crippen LogP contribution in [-0.4, -0.2) is 57.4 Å². The minimum atomic E-state index is -4.67. The van der Waals surface area contributed by atoms with Gasteiger partial charge in [0.1, 0.15) is 19.7 Å². The lowest BCUT2D eigenvalue weighted by atomic mass is 10.4. The van der Waals surface area contributed by atoms with Crippen LogP contribution in [-0.2, 0) is 30.1 Å². The lowest BCUT2D eigenvalue weighted by molar-refractivity contribution is 0.381. The molecule has 0 bridgehead atoms. The van der Waals surface area contributed by atoms with Gasteiger partial charge in [-0.05, 0) is 25.7 Å². The van der Waals surface area contributed by atoms with Gasteiger partial charge < -0.3 is 0 Å². The molecule has 8 nitrogen and oxygen atoms in total. The summed E-state index contributed by atoms with van der Waals surface area (Å²) < 4.78 is 73.3. The van der Waals surface area contributed by atoms with E-state index in [1.54, 1.807) is 0 Å². The van der Waals surface area contributed by atoms with Gasteiger partial charge in [0.05, 0.1) is 23.0 Å². The average molecular weight is 338 g/mol. The van der Waals surface area contributed by atoms with Crippen molar-refractivity contribution < 1.29 is 34.4 Å². The molecular weight excluding hydrogens is 320 g/mol. The Hall–Kier alpha value is -0.230. The van der Waals surface area contributed by atoms with E-state index in [1.807, 2.05) is 0 Å². The third-order valence-electron chi connectivity index (χ3n) is 2.32. The molecule has 0 aromatic rings. The zero-order valence-corrected chi connectivity index (χ0v) is 12.7. The van der Waals surface area contributed by atoms with Crippen LogP contribution >= 0.6 is 0 Å². The molecule has 2 rings (SSSR count). The molecule has 0 atom stereocenters. The third kappa shape index (κ3) is 14.0. The SMILES string of the molecule is O=S(=O)(O)O.O=S1(=O)CCCC1.O=S1(=O)CCCC1. The van der Waals surface area contributed by atoms with Gasteiger partial charge >= 0.3 is 10.4 Å². The second kappa shape index (κ2) is 7.53. The van der Waals surface area contributed by atoms with Gasteiger partial charge in [0.2, 0.25) is 0 Å². The number of sulfone groups is 2. The highest BCUT2D eigenvalue weighted by molar-refractivity contribution is 7.91. The van der Waals surface area contributed by atoms with E-state index in [-0.39, 0.29) is 0 Å². The van der Waals surface area contributed by atoms with Gasteiger partial charge in [-0.15, -0.1) is 0 Å². The second-order valence-electron chi connectivity index (χ2n) is 4.17. The standard InChI is InChI=1S/2C4H8O2S.H2O4S/c2*5-7(6)3-1-2-4-7;1-5(2,3)4/h2*1-4H2;(H2,1,2,3,4). The molecular formula is C8H18O8S3. The van der Waals surface area contributed by atoms with Crippen LogP contribution in [0.1, 0.15) is 25.7 Å². The summed E-state index contributed by atoms with van der Waals surface area (Å²) in [4.78, 5) is 0. The van der Waals surface area contributed by atoms with Crippen molar-refractivity contribution in [2.24, 2.45) is 0 Å². The van der Waals surface area contributed by atoms with E-state index in [0.29, 0.717) is 23.0 Å². The lowest BCUT2D eigenvalue weighted by Crippen LogP contribution is -1.98. The Bertz CT molecular complexity index is 487. The average Bonchev–Trinajstić information content (AvgIpc) is 2.72. The highest BCUT2D eigenvalue weighted by Crippen LogP contribution is 2.08. The molecule has 0 saturated carbocycles. The summed E-state index contributed by atoms with van der Waals surface area (Å²) in [5, 5.41) is 0. The topological polar surface area (TPSA) is 143 Å². The Labute approximate surface area is 113 Å². The molecule has 0 spiro atoms. The highest BCUT2D eigenvalue weighted by atomic mass is 32.3. The summed E-state index contributed by atoms with van der Waals surface area (Å²) in [5.74, 6) is 1.69.